The van der Waals surface area contributed by atoms with Crippen LogP contribution in [0.5, 0.6) is 0 Å². The molecule has 1 amide bonds. The molecule has 0 spiro atoms. The van der Waals surface area contributed by atoms with Gasteiger partial charge in [0.1, 0.15) is 11.6 Å². The van der Waals surface area contributed by atoms with Gasteiger partial charge in [-0.25, -0.2) is 12.8 Å². The second kappa shape index (κ2) is 8.64. The minimum absolute atomic E-state index is 0.0410. The first kappa shape index (κ1) is 19.9. The Kier molecular flexibility index (Phi) is 7.48. The van der Waals surface area contributed by atoms with Crippen LogP contribution in [0.4, 0.5) is 4.39 Å². The fraction of sp³-hybridized carbons (Fsp3) is 0.562. The first-order valence-corrected chi connectivity index (χ1v) is 9.72. The Bertz CT molecular complexity index is 647. The Labute approximate surface area is 142 Å². The zero-order chi connectivity index (χ0) is 17.6. The fourth-order valence-corrected chi connectivity index (χ4v) is 3.72. The maximum absolute atomic E-state index is 13.0. The molecule has 0 radical (unpaired) electrons. The summed E-state index contributed by atoms with van der Waals surface area (Å²) in [6.45, 7) is 6.03. The van der Waals surface area contributed by atoms with Crippen molar-refractivity contribution in [1.29, 1.82) is 0 Å². The van der Waals surface area contributed by atoms with Gasteiger partial charge in [-0.05, 0) is 43.4 Å². The van der Waals surface area contributed by atoms with E-state index in [1.54, 1.807) is 0 Å². The lowest BCUT2D eigenvalue weighted by Gasteiger charge is -2.15. The molecule has 0 aromatic heterocycles. The molecule has 0 unspecified atom stereocenters. The van der Waals surface area contributed by atoms with Crippen LogP contribution >= 0.6 is 11.6 Å². The molecule has 0 fully saturated rings. The maximum Gasteiger partial charge on any atom is 0.235 e. The molecular formula is C16H23ClFNO3S. The van der Waals surface area contributed by atoms with Crippen LogP contribution in [0.1, 0.15) is 39.2 Å². The SMILES string of the molecule is CC(C)CC[C@@H](C)NC(=O)CS(=O)(=O)Cc1ccc(F)cc1Cl. The molecule has 1 atom stereocenters. The number of benzene rings is 1. The molecule has 0 bridgehead atoms. The van der Waals surface area contributed by atoms with Crippen molar-refractivity contribution < 1.29 is 17.6 Å². The highest BCUT2D eigenvalue weighted by atomic mass is 35.5. The van der Waals surface area contributed by atoms with Crippen molar-refractivity contribution in [2.45, 2.75) is 45.4 Å². The predicted molar refractivity (Wildman–Crippen MR) is 90.6 cm³/mol. The van der Waals surface area contributed by atoms with E-state index >= 15 is 0 Å². The van der Waals surface area contributed by atoms with Crippen LogP contribution in [0, 0.1) is 11.7 Å². The molecule has 0 aliphatic heterocycles. The normalized spacial score (nSPS) is 13.1. The van der Waals surface area contributed by atoms with Crippen molar-refractivity contribution in [1.82, 2.24) is 5.32 Å². The Morgan fingerprint density at radius 2 is 1.91 bits per heavy atom. The van der Waals surface area contributed by atoms with Crippen LogP contribution in [0.3, 0.4) is 0 Å². The van der Waals surface area contributed by atoms with Gasteiger partial charge in [0.2, 0.25) is 5.91 Å². The summed E-state index contributed by atoms with van der Waals surface area (Å²) < 4.78 is 37.1. The zero-order valence-electron chi connectivity index (χ0n) is 13.6. The highest BCUT2D eigenvalue weighted by Crippen LogP contribution is 2.20. The van der Waals surface area contributed by atoms with E-state index in [0.29, 0.717) is 5.92 Å². The Balaban J connectivity index is 2.58. The number of halogens is 2. The number of rotatable bonds is 8. The summed E-state index contributed by atoms with van der Waals surface area (Å²) in [5, 5.41) is 2.73. The Hall–Kier alpha value is -1.14. The third kappa shape index (κ3) is 7.79. The monoisotopic (exact) mass is 363 g/mol. The summed E-state index contributed by atoms with van der Waals surface area (Å²) in [6.07, 6.45) is 1.76. The molecule has 0 saturated heterocycles. The maximum atomic E-state index is 13.0. The van der Waals surface area contributed by atoms with E-state index in [1.807, 2.05) is 6.92 Å². The molecule has 0 heterocycles. The molecular weight excluding hydrogens is 341 g/mol. The molecule has 0 aliphatic rings. The molecule has 7 heteroatoms. The second-order valence-corrected chi connectivity index (χ2v) is 8.68. The lowest BCUT2D eigenvalue weighted by molar-refractivity contribution is -0.119. The molecule has 1 rings (SSSR count). The van der Waals surface area contributed by atoms with Gasteiger partial charge >= 0.3 is 0 Å². The topological polar surface area (TPSA) is 63.2 Å². The molecule has 1 aromatic carbocycles. The standard InChI is InChI=1S/C16H23ClFNO3S/c1-11(2)4-5-12(3)19-16(20)10-23(21,22)9-13-6-7-14(18)8-15(13)17/h6-8,11-12H,4-5,9-10H2,1-3H3,(H,19,20)/t12-/m1/s1. The summed E-state index contributed by atoms with van der Waals surface area (Å²) in [5.41, 5.74) is 0.286. The highest BCUT2D eigenvalue weighted by Gasteiger charge is 2.20. The second-order valence-electron chi connectivity index (χ2n) is 6.21. The van der Waals surface area contributed by atoms with Crippen LogP contribution in [0.25, 0.3) is 0 Å². The molecule has 0 saturated carbocycles. The number of carbonyl (C=O) groups is 1. The quantitative estimate of drug-likeness (QED) is 0.770. The molecule has 1 aromatic rings. The summed E-state index contributed by atoms with van der Waals surface area (Å²) in [6, 6.07) is 3.44. The summed E-state index contributed by atoms with van der Waals surface area (Å²) in [5.74, 6) is -1.53. The van der Waals surface area contributed by atoms with Crippen molar-refractivity contribution >= 4 is 27.3 Å². The van der Waals surface area contributed by atoms with E-state index in [1.165, 1.54) is 6.07 Å². The van der Waals surface area contributed by atoms with Crippen LogP contribution in [0.2, 0.25) is 5.02 Å². The van der Waals surface area contributed by atoms with Gasteiger partial charge in [-0.2, -0.15) is 0 Å². The minimum atomic E-state index is -3.67. The van der Waals surface area contributed by atoms with Gasteiger partial charge in [0.15, 0.2) is 9.84 Å². The van der Waals surface area contributed by atoms with Crippen molar-refractivity contribution in [3.8, 4) is 0 Å². The van der Waals surface area contributed by atoms with Crippen LogP contribution in [-0.4, -0.2) is 26.1 Å². The third-order valence-corrected chi connectivity index (χ3v) is 5.13. The van der Waals surface area contributed by atoms with Gasteiger partial charge < -0.3 is 5.32 Å². The van der Waals surface area contributed by atoms with Crippen LogP contribution in [-0.2, 0) is 20.4 Å². The Morgan fingerprint density at radius 1 is 1.26 bits per heavy atom. The Morgan fingerprint density at radius 3 is 2.48 bits per heavy atom. The smallest absolute Gasteiger partial charge is 0.235 e. The average Bonchev–Trinajstić information content (AvgIpc) is 2.38. The van der Waals surface area contributed by atoms with E-state index < -0.39 is 27.3 Å². The van der Waals surface area contributed by atoms with Gasteiger partial charge in [-0.15, -0.1) is 0 Å². The summed E-state index contributed by atoms with van der Waals surface area (Å²) >= 11 is 5.82. The number of nitrogens with one attached hydrogen (secondary N) is 1. The molecule has 0 aliphatic carbocycles. The van der Waals surface area contributed by atoms with Crippen LogP contribution in [0.15, 0.2) is 18.2 Å². The predicted octanol–water partition coefficient (Wildman–Crippen LogP) is 3.33. The molecule has 23 heavy (non-hydrogen) atoms. The summed E-state index contributed by atoms with van der Waals surface area (Å²) in [7, 11) is -3.67. The van der Waals surface area contributed by atoms with Gasteiger partial charge in [-0.3, -0.25) is 4.79 Å². The highest BCUT2D eigenvalue weighted by molar-refractivity contribution is 7.91. The van der Waals surface area contributed by atoms with E-state index in [4.69, 9.17) is 11.6 Å². The number of amides is 1. The largest absolute Gasteiger partial charge is 0.353 e. The first-order chi connectivity index (χ1) is 10.6. The number of hydrogen-bond acceptors (Lipinski definition) is 3. The molecule has 1 N–H and O–H groups in total. The lowest BCUT2D eigenvalue weighted by Crippen LogP contribution is -2.37. The zero-order valence-corrected chi connectivity index (χ0v) is 15.2. The van der Waals surface area contributed by atoms with Crippen molar-refractivity contribution in [3.63, 3.8) is 0 Å². The van der Waals surface area contributed by atoms with E-state index in [9.17, 15) is 17.6 Å². The van der Waals surface area contributed by atoms with Crippen molar-refractivity contribution in [2.75, 3.05) is 5.75 Å². The summed E-state index contributed by atoms with van der Waals surface area (Å²) in [4.78, 5) is 11.9. The van der Waals surface area contributed by atoms with Gasteiger partial charge in [0.25, 0.3) is 0 Å². The number of sulfone groups is 1. The van der Waals surface area contributed by atoms with Crippen molar-refractivity contribution in [2.24, 2.45) is 5.92 Å². The van der Waals surface area contributed by atoms with Crippen LogP contribution < -0.4 is 5.32 Å². The van der Waals surface area contributed by atoms with Gasteiger partial charge in [0, 0.05) is 11.1 Å². The number of carbonyl (C=O) groups excluding carboxylic acids is 1. The average molecular weight is 364 g/mol. The third-order valence-electron chi connectivity index (χ3n) is 3.33. The first-order valence-electron chi connectivity index (χ1n) is 7.53. The van der Waals surface area contributed by atoms with E-state index in [-0.39, 0.29) is 22.4 Å². The number of hydrogen-bond donors (Lipinski definition) is 1. The molecule has 130 valence electrons. The van der Waals surface area contributed by atoms with Gasteiger partial charge in [0.05, 0.1) is 5.75 Å². The van der Waals surface area contributed by atoms with Gasteiger partial charge in [-0.1, -0.05) is 31.5 Å². The molecule has 4 nitrogen and oxygen atoms in total. The minimum Gasteiger partial charge on any atom is -0.353 e. The van der Waals surface area contributed by atoms with E-state index in [0.717, 1.165) is 25.0 Å². The fourth-order valence-electron chi connectivity index (χ4n) is 2.10. The van der Waals surface area contributed by atoms with Crippen molar-refractivity contribution in [3.05, 3.63) is 34.6 Å². The van der Waals surface area contributed by atoms with E-state index in [2.05, 4.69) is 19.2 Å². The lowest BCUT2D eigenvalue weighted by atomic mass is 10.0.